The topological polar surface area (TPSA) is 26.3 Å². The molecule has 1 aliphatic heterocycles. The molecule has 1 saturated heterocycles. The number of carbonyl (C=O) groups is 1. The van der Waals surface area contributed by atoms with Gasteiger partial charge in [-0.3, -0.25) is 0 Å². The van der Waals surface area contributed by atoms with Crippen molar-refractivity contribution in [3.63, 3.8) is 0 Å². The average molecular weight is 184 g/mol. The lowest BCUT2D eigenvalue weighted by molar-refractivity contribution is -0.133. The second kappa shape index (κ2) is 4.23. The molecule has 2 nitrogen and oxygen atoms in total. The molecular formula is C11H20O2. The van der Waals surface area contributed by atoms with Crippen LogP contribution in [0, 0.1) is 11.8 Å². The first kappa shape index (κ1) is 10.7. The van der Waals surface area contributed by atoms with Gasteiger partial charge in [0, 0.05) is 6.61 Å². The monoisotopic (exact) mass is 184 g/mol. The number of aldehydes is 1. The van der Waals surface area contributed by atoms with Crippen LogP contribution in [0.25, 0.3) is 0 Å². The summed E-state index contributed by atoms with van der Waals surface area (Å²) in [6.45, 7) is 7.24. The number of hydrogen-bond donors (Lipinski definition) is 0. The summed E-state index contributed by atoms with van der Waals surface area (Å²) in [5.74, 6) is 0.904. The van der Waals surface area contributed by atoms with Crippen LogP contribution < -0.4 is 0 Å². The van der Waals surface area contributed by atoms with Crippen LogP contribution in [0.2, 0.25) is 0 Å². The molecule has 0 aromatic heterocycles. The van der Waals surface area contributed by atoms with Crippen LogP contribution in [0.15, 0.2) is 0 Å². The number of ether oxygens (including phenoxy) is 1. The lowest BCUT2D eigenvalue weighted by atomic mass is 9.78. The van der Waals surface area contributed by atoms with Gasteiger partial charge in [-0.05, 0) is 24.7 Å². The maximum Gasteiger partial charge on any atom is 0.152 e. The highest BCUT2D eigenvalue weighted by Crippen LogP contribution is 2.36. The summed E-state index contributed by atoms with van der Waals surface area (Å²) >= 11 is 0. The fourth-order valence-corrected chi connectivity index (χ4v) is 2.08. The van der Waals surface area contributed by atoms with Crippen molar-refractivity contribution in [2.24, 2.45) is 11.8 Å². The van der Waals surface area contributed by atoms with Crippen LogP contribution in [0.5, 0.6) is 0 Å². The Morgan fingerprint density at radius 3 is 2.62 bits per heavy atom. The molecule has 3 unspecified atom stereocenters. The molecule has 1 rings (SSSR count). The van der Waals surface area contributed by atoms with Crippen LogP contribution in [-0.2, 0) is 9.53 Å². The van der Waals surface area contributed by atoms with Gasteiger partial charge in [-0.25, -0.2) is 0 Å². The van der Waals surface area contributed by atoms with E-state index < -0.39 is 5.60 Å². The second-order valence-corrected chi connectivity index (χ2v) is 4.20. The van der Waals surface area contributed by atoms with Crippen LogP contribution >= 0.6 is 0 Å². The molecule has 0 spiro atoms. The SMILES string of the molecule is CCC(C)C(C)C1(C=O)CCCO1. The molecule has 0 amide bonds. The van der Waals surface area contributed by atoms with Crippen molar-refractivity contribution >= 4 is 6.29 Å². The predicted octanol–water partition coefficient (Wildman–Crippen LogP) is 2.42. The van der Waals surface area contributed by atoms with Crippen molar-refractivity contribution in [3.05, 3.63) is 0 Å². The van der Waals surface area contributed by atoms with E-state index in [2.05, 4.69) is 20.8 Å². The van der Waals surface area contributed by atoms with E-state index >= 15 is 0 Å². The first-order chi connectivity index (χ1) is 6.16. The number of rotatable bonds is 4. The first-order valence-corrected chi connectivity index (χ1v) is 5.26. The largest absolute Gasteiger partial charge is 0.367 e. The Bertz CT molecular complexity index is 171. The molecule has 76 valence electrons. The maximum absolute atomic E-state index is 11.1. The van der Waals surface area contributed by atoms with Crippen LogP contribution in [0.1, 0.15) is 40.0 Å². The zero-order chi connectivity index (χ0) is 9.90. The molecule has 0 radical (unpaired) electrons. The summed E-state index contributed by atoms with van der Waals surface area (Å²) in [6.07, 6.45) is 4.07. The minimum absolute atomic E-state index is 0.345. The van der Waals surface area contributed by atoms with Gasteiger partial charge in [0.15, 0.2) is 6.29 Å². The molecule has 13 heavy (non-hydrogen) atoms. The Labute approximate surface area is 80.7 Å². The smallest absolute Gasteiger partial charge is 0.152 e. The van der Waals surface area contributed by atoms with Gasteiger partial charge in [-0.15, -0.1) is 0 Å². The van der Waals surface area contributed by atoms with E-state index in [1.54, 1.807) is 0 Å². The van der Waals surface area contributed by atoms with Crippen molar-refractivity contribution in [1.82, 2.24) is 0 Å². The Hall–Kier alpha value is -0.370. The Kier molecular flexibility index (Phi) is 3.48. The number of carbonyl (C=O) groups excluding carboxylic acids is 1. The lowest BCUT2D eigenvalue weighted by Crippen LogP contribution is -2.40. The van der Waals surface area contributed by atoms with Crippen molar-refractivity contribution < 1.29 is 9.53 Å². The van der Waals surface area contributed by atoms with Gasteiger partial charge in [0.25, 0.3) is 0 Å². The van der Waals surface area contributed by atoms with Crippen LogP contribution in [-0.4, -0.2) is 18.5 Å². The summed E-state index contributed by atoms with van der Waals surface area (Å²) in [6, 6.07) is 0. The minimum Gasteiger partial charge on any atom is -0.367 e. The molecule has 1 fully saturated rings. The van der Waals surface area contributed by atoms with Gasteiger partial charge >= 0.3 is 0 Å². The van der Waals surface area contributed by atoms with Crippen LogP contribution in [0.3, 0.4) is 0 Å². The summed E-state index contributed by atoms with van der Waals surface area (Å²) in [5.41, 5.74) is -0.463. The summed E-state index contributed by atoms with van der Waals surface area (Å²) in [4.78, 5) is 11.1. The van der Waals surface area contributed by atoms with E-state index in [0.717, 1.165) is 32.2 Å². The normalized spacial score (nSPS) is 32.8. The highest BCUT2D eigenvalue weighted by Gasteiger charge is 2.42. The molecule has 0 bridgehead atoms. The molecule has 1 aliphatic rings. The molecular weight excluding hydrogens is 164 g/mol. The standard InChI is InChI=1S/C11H20O2/c1-4-9(2)10(3)11(8-12)6-5-7-13-11/h8-10H,4-7H2,1-3H3. The average Bonchev–Trinajstić information content (AvgIpc) is 2.65. The van der Waals surface area contributed by atoms with E-state index in [-0.39, 0.29) is 0 Å². The summed E-state index contributed by atoms with van der Waals surface area (Å²) < 4.78 is 5.61. The predicted molar refractivity (Wildman–Crippen MR) is 52.6 cm³/mol. The van der Waals surface area contributed by atoms with Crippen molar-refractivity contribution in [1.29, 1.82) is 0 Å². The van der Waals surface area contributed by atoms with Crippen molar-refractivity contribution in [2.45, 2.75) is 45.6 Å². The lowest BCUT2D eigenvalue weighted by Gasteiger charge is -2.32. The fourth-order valence-electron chi connectivity index (χ4n) is 2.08. The molecule has 0 saturated carbocycles. The summed E-state index contributed by atoms with van der Waals surface area (Å²) in [7, 11) is 0. The third-order valence-electron chi connectivity index (χ3n) is 3.55. The van der Waals surface area contributed by atoms with Crippen molar-refractivity contribution in [2.75, 3.05) is 6.61 Å². The van der Waals surface area contributed by atoms with Gasteiger partial charge in [0.2, 0.25) is 0 Å². The van der Waals surface area contributed by atoms with Gasteiger partial charge in [-0.1, -0.05) is 27.2 Å². The van der Waals surface area contributed by atoms with E-state index in [1.807, 2.05) is 0 Å². The van der Waals surface area contributed by atoms with Gasteiger partial charge in [0.1, 0.15) is 5.60 Å². The third kappa shape index (κ3) is 1.93. The highest BCUT2D eigenvalue weighted by molar-refractivity contribution is 5.63. The van der Waals surface area contributed by atoms with Crippen LogP contribution in [0.4, 0.5) is 0 Å². The second-order valence-electron chi connectivity index (χ2n) is 4.20. The number of hydrogen-bond acceptors (Lipinski definition) is 2. The molecule has 0 N–H and O–H groups in total. The summed E-state index contributed by atoms with van der Waals surface area (Å²) in [5, 5.41) is 0. The highest BCUT2D eigenvalue weighted by atomic mass is 16.5. The Morgan fingerprint density at radius 1 is 1.54 bits per heavy atom. The molecule has 3 atom stereocenters. The first-order valence-electron chi connectivity index (χ1n) is 5.26. The van der Waals surface area contributed by atoms with E-state index in [4.69, 9.17) is 4.74 Å². The Morgan fingerprint density at radius 2 is 2.23 bits per heavy atom. The van der Waals surface area contributed by atoms with E-state index in [9.17, 15) is 4.79 Å². The fraction of sp³-hybridized carbons (Fsp3) is 0.909. The zero-order valence-corrected chi connectivity index (χ0v) is 8.88. The Balaban J connectivity index is 2.69. The quantitative estimate of drug-likeness (QED) is 0.627. The molecule has 2 heteroatoms. The van der Waals surface area contributed by atoms with Gasteiger partial charge in [-0.2, -0.15) is 0 Å². The molecule has 0 aromatic rings. The van der Waals surface area contributed by atoms with E-state index in [1.165, 1.54) is 0 Å². The molecule has 0 aromatic carbocycles. The van der Waals surface area contributed by atoms with Gasteiger partial charge in [0.05, 0.1) is 0 Å². The van der Waals surface area contributed by atoms with E-state index in [0.29, 0.717) is 11.8 Å². The molecule has 0 aliphatic carbocycles. The molecule has 1 heterocycles. The zero-order valence-electron chi connectivity index (χ0n) is 8.88. The van der Waals surface area contributed by atoms with Crippen molar-refractivity contribution in [3.8, 4) is 0 Å². The minimum atomic E-state index is -0.463. The van der Waals surface area contributed by atoms with Gasteiger partial charge < -0.3 is 9.53 Å². The maximum atomic E-state index is 11.1. The third-order valence-corrected chi connectivity index (χ3v) is 3.55.